The molecule has 2 heterocycles. The Hall–Kier alpha value is -3.68. The number of amides is 2. The molecule has 1 N–H and O–H groups in total. The first-order chi connectivity index (χ1) is 14.1. The molecule has 2 amide bonds. The van der Waals surface area contributed by atoms with E-state index >= 15 is 0 Å². The average Bonchev–Trinajstić information content (AvgIpc) is 3.00. The third kappa shape index (κ3) is 3.96. The van der Waals surface area contributed by atoms with Crippen LogP contribution in [0.2, 0.25) is 0 Å². The second-order valence-electron chi connectivity index (χ2n) is 6.89. The molecule has 0 spiro atoms. The number of hydrogen-bond acceptors (Lipinski definition) is 5. The standard InChI is InChI=1S/C21H21N5O3/c27-21(23-18-9-3-7-16-6-1-2-8-17(16)18)25-13-5-12-24(14-15-25)20-19(26(28)29)10-4-11-22-20/h1-4,6-11H,5,12-15H2,(H,23,27). The van der Waals surface area contributed by atoms with Crippen LogP contribution >= 0.6 is 0 Å². The summed E-state index contributed by atoms with van der Waals surface area (Å²) in [5.74, 6) is 0.355. The highest BCUT2D eigenvalue weighted by Crippen LogP contribution is 2.26. The number of anilines is 2. The molecule has 3 aromatic rings. The molecule has 0 radical (unpaired) electrons. The third-order valence-corrected chi connectivity index (χ3v) is 5.08. The lowest BCUT2D eigenvalue weighted by Gasteiger charge is -2.23. The Morgan fingerprint density at radius 1 is 1.00 bits per heavy atom. The van der Waals surface area contributed by atoms with E-state index in [0.717, 1.165) is 16.5 Å². The molecule has 148 valence electrons. The molecular weight excluding hydrogens is 370 g/mol. The van der Waals surface area contributed by atoms with Gasteiger partial charge < -0.3 is 15.1 Å². The van der Waals surface area contributed by atoms with Crippen molar-refractivity contribution in [2.45, 2.75) is 6.42 Å². The lowest BCUT2D eigenvalue weighted by atomic mass is 10.1. The van der Waals surface area contributed by atoms with Crippen LogP contribution in [0.4, 0.5) is 22.0 Å². The van der Waals surface area contributed by atoms with Crippen LogP contribution in [0.5, 0.6) is 0 Å². The number of carbonyl (C=O) groups is 1. The molecule has 0 aliphatic carbocycles. The summed E-state index contributed by atoms with van der Waals surface area (Å²) in [5.41, 5.74) is 0.760. The molecule has 0 unspecified atom stereocenters. The second-order valence-corrected chi connectivity index (χ2v) is 6.89. The van der Waals surface area contributed by atoms with Gasteiger partial charge in [-0.25, -0.2) is 9.78 Å². The van der Waals surface area contributed by atoms with E-state index in [9.17, 15) is 14.9 Å². The number of nitro groups is 1. The van der Waals surface area contributed by atoms with Gasteiger partial charge in [-0.3, -0.25) is 10.1 Å². The van der Waals surface area contributed by atoms with Crippen LogP contribution < -0.4 is 10.2 Å². The van der Waals surface area contributed by atoms with Gasteiger partial charge >= 0.3 is 11.7 Å². The van der Waals surface area contributed by atoms with E-state index in [1.165, 1.54) is 6.07 Å². The number of aromatic nitrogens is 1. The molecule has 0 bridgehead atoms. The van der Waals surface area contributed by atoms with E-state index in [2.05, 4.69) is 10.3 Å². The van der Waals surface area contributed by atoms with Crippen molar-refractivity contribution in [1.29, 1.82) is 0 Å². The Morgan fingerprint density at radius 3 is 2.69 bits per heavy atom. The van der Waals surface area contributed by atoms with Gasteiger partial charge in [-0.1, -0.05) is 36.4 Å². The number of nitrogens with zero attached hydrogens (tertiary/aromatic N) is 4. The van der Waals surface area contributed by atoms with Crippen LogP contribution in [-0.2, 0) is 0 Å². The topological polar surface area (TPSA) is 91.6 Å². The maximum Gasteiger partial charge on any atom is 0.321 e. The van der Waals surface area contributed by atoms with Crippen molar-refractivity contribution in [2.75, 3.05) is 36.4 Å². The normalized spacial score (nSPS) is 14.5. The molecule has 29 heavy (non-hydrogen) atoms. The lowest BCUT2D eigenvalue weighted by Crippen LogP contribution is -2.38. The summed E-state index contributed by atoms with van der Waals surface area (Å²) in [6.45, 7) is 2.13. The van der Waals surface area contributed by atoms with Crippen molar-refractivity contribution in [3.05, 3.63) is 70.9 Å². The van der Waals surface area contributed by atoms with Gasteiger partial charge in [0.1, 0.15) is 0 Å². The van der Waals surface area contributed by atoms with Gasteiger partial charge in [-0.2, -0.15) is 0 Å². The zero-order chi connectivity index (χ0) is 20.2. The van der Waals surface area contributed by atoms with Gasteiger partial charge in [-0.15, -0.1) is 0 Å². The van der Waals surface area contributed by atoms with E-state index in [1.807, 2.05) is 47.4 Å². The van der Waals surface area contributed by atoms with Gasteiger partial charge in [0.25, 0.3) is 0 Å². The second kappa shape index (κ2) is 8.14. The first kappa shape index (κ1) is 18.7. The van der Waals surface area contributed by atoms with Gasteiger partial charge in [0, 0.05) is 43.8 Å². The van der Waals surface area contributed by atoms with E-state index in [0.29, 0.717) is 38.4 Å². The Labute approximate surface area is 167 Å². The van der Waals surface area contributed by atoms with Crippen molar-refractivity contribution in [3.8, 4) is 0 Å². The van der Waals surface area contributed by atoms with Crippen LogP contribution in [0, 0.1) is 10.1 Å². The largest absolute Gasteiger partial charge is 0.349 e. The van der Waals surface area contributed by atoms with Crippen LogP contribution in [-0.4, -0.2) is 47.0 Å². The molecule has 1 aliphatic rings. The molecule has 0 atom stereocenters. The molecule has 1 aliphatic heterocycles. The summed E-state index contributed by atoms with van der Waals surface area (Å²) in [4.78, 5) is 31.6. The quantitative estimate of drug-likeness (QED) is 0.540. The SMILES string of the molecule is O=C(Nc1cccc2ccccc12)N1CCCN(c2ncccc2[N+](=O)[O-])CC1. The van der Waals surface area contributed by atoms with E-state index in [1.54, 1.807) is 17.2 Å². The summed E-state index contributed by atoms with van der Waals surface area (Å²) in [7, 11) is 0. The van der Waals surface area contributed by atoms with Crippen LogP contribution in [0.15, 0.2) is 60.8 Å². The number of urea groups is 1. The predicted molar refractivity (Wildman–Crippen MR) is 112 cm³/mol. The fourth-order valence-electron chi connectivity index (χ4n) is 3.64. The molecule has 8 nitrogen and oxygen atoms in total. The van der Waals surface area contributed by atoms with E-state index in [-0.39, 0.29) is 11.7 Å². The number of hydrogen-bond donors (Lipinski definition) is 1. The molecule has 1 fully saturated rings. The first-order valence-electron chi connectivity index (χ1n) is 9.51. The average molecular weight is 391 g/mol. The summed E-state index contributed by atoms with van der Waals surface area (Å²) >= 11 is 0. The molecule has 2 aromatic carbocycles. The molecule has 4 rings (SSSR count). The monoisotopic (exact) mass is 391 g/mol. The summed E-state index contributed by atoms with van der Waals surface area (Å²) in [6.07, 6.45) is 2.26. The van der Waals surface area contributed by atoms with Crippen molar-refractivity contribution in [3.63, 3.8) is 0 Å². The fraction of sp³-hybridized carbons (Fsp3) is 0.238. The number of rotatable bonds is 3. The van der Waals surface area contributed by atoms with Crippen LogP contribution in [0.3, 0.4) is 0 Å². The van der Waals surface area contributed by atoms with Crippen molar-refractivity contribution in [1.82, 2.24) is 9.88 Å². The molecule has 8 heteroatoms. The molecule has 0 saturated carbocycles. The zero-order valence-electron chi connectivity index (χ0n) is 15.8. The van der Waals surface area contributed by atoms with Gasteiger partial charge in [0.15, 0.2) is 0 Å². The summed E-state index contributed by atoms with van der Waals surface area (Å²) in [6, 6.07) is 16.6. The lowest BCUT2D eigenvalue weighted by molar-refractivity contribution is -0.384. The smallest absolute Gasteiger partial charge is 0.321 e. The minimum absolute atomic E-state index is 0.0128. The molecule has 1 saturated heterocycles. The number of benzene rings is 2. The maximum absolute atomic E-state index is 12.9. The summed E-state index contributed by atoms with van der Waals surface area (Å²) in [5, 5.41) is 16.4. The molecule has 1 aromatic heterocycles. The van der Waals surface area contributed by atoms with Crippen LogP contribution in [0.25, 0.3) is 10.8 Å². The minimum Gasteiger partial charge on any atom is -0.349 e. The highest BCUT2D eigenvalue weighted by molar-refractivity contribution is 6.01. The maximum atomic E-state index is 12.9. The van der Waals surface area contributed by atoms with Gasteiger partial charge in [-0.05, 0) is 23.9 Å². The number of fused-ring (bicyclic) bond motifs is 1. The fourth-order valence-corrected chi connectivity index (χ4v) is 3.64. The van der Waals surface area contributed by atoms with E-state index in [4.69, 9.17) is 0 Å². The first-order valence-corrected chi connectivity index (χ1v) is 9.51. The molecular formula is C21H21N5O3. The highest BCUT2D eigenvalue weighted by Gasteiger charge is 2.25. The van der Waals surface area contributed by atoms with Gasteiger partial charge in [0.05, 0.1) is 10.6 Å². The predicted octanol–water partition coefficient (Wildman–Crippen LogP) is 3.89. The van der Waals surface area contributed by atoms with Crippen molar-refractivity contribution in [2.24, 2.45) is 0 Å². The number of nitrogens with one attached hydrogen (secondary N) is 1. The number of pyridine rings is 1. The zero-order valence-corrected chi connectivity index (χ0v) is 15.8. The minimum atomic E-state index is -0.418. The van der Waals surface area contributed by atoms with Crippen molar-refractivity contribution < 1.29 is 9.72 Å². The van der Waals surface area contributed by atoms with Gasteiger partial charge in [0.2, 0.25) is 5.82 Å². The summed E-state index contributed by atoms with van der Waals surface area (Å²) < 4.78 is 0. The Balaban J connectivity index is 1.47. The van der Waals surface area contributed by atoms with Crippen LogP contribution in [0.1, 0.15) is 6.42 Å². The van der Waals surface area contributed by atoms with Crippen molar-refractivity contribution >= 4 is 34.0 Å². The third-order valence-electron chi connectivity index (χ3n) is 5.08. The Bertz CT molecular complexity index is 1050. The Morgan fingerprint density at radius 2 is 1.83 bits per heavy atom. The Kier molecular flexibility index (Phi) is 5.24. The van der Waals surface area contributed by atoms with E-state index < -0.39 is 4.92 Å². The number of carbonyl (C=O) groups excluding carboxylic acids is 1. The highest BCUT2D eigenvalue weighted by atomic mass is 16.6.